The zero-order valence-corrected chi connectivity index (χ0v) is 34.6. The smallest absolute Gasteiger partial charge is 0.262 e. The molecule has 3 fully saturated rings. The van der Waals surface area contributed by atoms with E-state index in [-0.39, 0.29) is 41.6 Å². The Balaban J connectivity index is 0.725. The zero-order chi connectivity index (χ0) is 43.1. The van der Waals surface area contributed by atoms with Crippen LogP contribution in [0.15, 0.2) is 60.9 Å². The summed E-state index contributed by atoms with van der Waals surface area (Å²) in [7, 11) is 0. The fraction of sp³-hybridized carbons (Fsp3) is 0.378. The second-order valence-corrected chi connectivity index (χ2v) is 17.0. The molecule has 4 aromatic rings. The van der Waals surface area contributed by atoms with Gasteiger partial charge in [-0.2, -0.15) is 5.26 Å². The molecule has 1 unspecified atom stereocenters. The van der Waals surface area contributed by atoms with Crippen molar-refractivity contribution >= 4 is 64.0 Å². The van der Waals surface area contributed by atoms with Gasteiger partial charge in [-0.05, 0) is 99.0 Å². The quantitative estimate of drug-likeness (QED) is 0.193. The molecule has 3 aromatic carbocycles. The van der Waals surface area contributed by atoms with Gasteiger partial charge >= 0.3 is 0 Å². The number of anilines is 4. The summed E-state index contributed by atoms with van der Waals surface area (Å²) in [5.74, 6) is -2.10. The van der Waals surface area contributed by atoms with Crippen LogP contribution in [0.3, 0.4) is 0 Å². The average molecular weight is 859 g/mol. The third-order valence-electron chi connectivity index (χ3n) is 12.8. The summed E-state index contributed by atoms with van der Waals surface area (Å²) < 4.78 is 15.5. The Labute approximate surface area is 362 Å². The number of halogens is 2. The number of nitrogens with one attached hydrogen (secondary N) is 3. The van der Waals surface area contributed by atoms with Crippen LogP contribution < -0.4 is 25.8 Å². The predicted molar refractivity (Wildman–Crippen MR) is 228 cm³/mol. The zero-order valence-electron chi connectivity index (χ0n) is 33.8. The number of carbonyl (C=O) groups is 5. The summed E-state index contributed by atoms with van der Waals surface area (Å²) in [6, 6.07) is 16.4. The Morgan fingerprint density at radius 2 is 1.61 bits per heavy atom. The van der Waals surface area contributed by atoms with Gasteiger partial charge in [0.2, 0.25) is 11.8 Å². The second kappa shape index (κ2) is 17.1. The number of nitriles is 1. The molecule has 5 amide bonds. The Hall–Kier alpha value is -6.44. The lowest BCUT2D eigenvalue weighted by Crippen LogP contribution is -2.54. The molecule has 0 spiro atoms. The number of hydrogen-bond donors (Lipinski definition) is 3. The van der Waals surface area contributed by atoms with Gasteiger partial charge in [-0.25, -0.2) is 14.4 Å². The van der Waals surface area contributed by atoms with Gasteiger partial charge in [-0.15, -0.1) is 0 Å². The minimum atomic E-state index is -1.10. The maximum Gasteiger partial charge on any atom is 0.262 e. The van der Waals surface area contributed by atoms with Gasteiger partial charge in [-0.3, -0.25) is 34.2 Å². The number of rotatable bonds is 9. The lowest BCUT2D eigenvalue weighted by Gasteiger charge is -2.38. The minimum Gasteiger partial charge on any atom is -0.369 e. The first-order valence-electron chi connectivity index (χ1n) is 21.0. The van der Waals surface area contributed by atoms with Crippen LogP contribution in [0.4, 0.5) is 27.3 Å². The van der Waals surface area contributed by atoms with Crippen molar-refractivity contribution in [2.24, 2.45) is 5.92 Å². The topological polar surface area (TPSA) is 184 Å². The van der Waals surface area contributed by atoms with E-state index in [1.165, 1.54) is 6.07 Å². The van der Waals surface area contributed by atoms with E-state index in [1.54, 1.807) is 12.4 Å². The molecule has 0 radical (unpaired) electrons. The van der Waals surface area contributed by atoms with Crippen molar-refractivity contribution in [3.05, 3.63) is 105 Å². The first-order valence-corrected chi connectivity index (χ1v) is 21.4. The molecule has 1 atom stereocenters. The largest absolute Gasteiger partial charge is 0.369 e. The summed E-state index contributed by atoms with van der Waals surface area (Å²) >= 11 is 6.29. The van der Waals surface area contributed by atoms with E-state index >= 15 is 4.39 Å². The first-order chi connectivity index (χ1) is 30.0. The van der Waals surface area contributed by atoms with Gasteiger partial charge in [0.05, 0.1) is 39.6 Å². The fourth-order valence-electron chi connectivity index (χ4n) is 9.29. The highest BCUT2D eigenvalue weighted by Crippen LogP contribution is 2.35. The number of hydrogen-bond acceptors (Lipinski definition) is 12. The van der Waals surface area contributed by atoms with Gasteiger partial charge in [0.15, 0.2) is 0 Å². The van der Waals surface area contributed by atoms with Crippen LogP contribution in [-0.4, -0.2) is 101 Å². The van der Waals surface area contributed by atoms with Gasteiger partial charge in [0, 0.05) is 74.2 Å². The SMILES string of the molecule is N#Cc1ccc(N2CCc3c(ncnc3Nc3ccc(C(=O)NC4CCN(CC5CCN(c6cc7c(cc6F)C(=O)N(C6CCC(=O)NC6=O)C7=O)CC5)CC4)cc3)C2)cc1Cl. The van der Waals surface area contributed by atoms with Gasteiger partial charge < -0.3 is 25.3 Å². The normalized spacial score (nSPS) is 19.8. The van der Waals surface area contributed by atoms with Crippen molar-refractivity contribution in [1.29, 1.82) is 5.26 Å². The summed E-state index contributed by atoms with van der Waals surface area (Å²) in [6.07, 6.45) is 5.65. The summed E-state index contributed by atoms with van der Waals surface area (Å²) in [6.45, 7) is 5.13. The number of imide groups is 2. The van der Waals surface area contributed by atoms with E-state index in [0.717, 1.165) is 97.7 Å². The van der Waals surface area contributed by atoms with E-state index in [0.29, 0.717) is 41.7 Å². The standard InChI is InChI=1S/C45H44ClFN10O5/c46-35-19-31(6-3-28(35)22-48)56-18-13-32-37(24-56)49-25-50-41(32)51-29-4-1-27(2-5-29)42(59)52-30-11-14-54(15-12-30)23-26-9-16-55(17-10-26)39-21-34-33(20-36(39)47)44(61)57(45(34)62)38-7-8-40(58)53-43(38)60/h1-6,19-21,25-26,30,38H,7-18,23-24H2,(H,52,59)(H,49,50,51)(H,53,58,60). The highest BCUT2D eigenvalue weighted by atomic mass is 35.5. The highest BCUT2D eigenvalue weighted by molar-refractivity contribution is 6.32. The Morgan fingerprint density at radius 3 is 2.32 bits per heavy atom. The fourth-order valence-corrected chi connectivity index (χ4v) is 9.50. The Morgan fingerprint density at radius 1 is 0.871 bits per heavy atom. The van der Waals surface area contributed by atoms with Gasteiger partial charge in [0.1, 0.15) is 30.1 Å². The highest BCUT2D eigenvalue weighted by Gasteiger charge is 2.45. The number of carbonyl (C=O) groups excluding carboxylic acids is 5. The molecule has 0 bridgehead atoms. The van der Waals surface area contributed by atoms with Crippen LogP contribution in [0.2, 0.25) is 5.02 Å². The maximum atomic E-state index is 15.5. The number of nitrogens with zero attached hydrogens (tertiary/aromatic N) is 7. The first kappa shape index (κ1) is 40.9. The van der Waals surface area contributed by atoms with Crippen molar-refractivity contribution in [2.45, 2.75) is 63.6 Å². The molecule has 0 saturated carbocycles. The molecule has 5 aliphatic heterocycles. The lowest BCUT2D eigenvalue weighted by molar-refractivity contribution is -0.136. The van der Waals surface area contributed by atoms with Crippen molar-refractivity contribution < 1.29 is 28.4 Å². The van der Waals surface area contributed by atoms with Crippen molar-refractivity contribution in [1.82, 2.24) is 30.4 Å². The van der Waals surface area contributed by atoms with Gasteiger partial charge in [0.25, 0.3) is 17.7 Å². The number of piperidine rings is 3. The van der Waals surface area contributed by atoms with Crippen molar-refractivity contribution in [3.63, 3.8) is 0 Å². The van der Waals surface area contributed by atoms with E-state index in [4.69, 9.17) is 11.6 Å². The molecule has 1 aromatic heterocycles. The van der Waals surface area contributed by atoms with E-state index in [2.05, 4.69) is 41.8 Å². The number of likely N-dealkylation sites (tertiary alicyclic amines) is 1. The summed E-state index contributed by atoms with van der Waals surface area (Å²) in [5, 5.41) is 18.5. The Kier molecular flexibility index (Phi) is 11.3. The van der Waals surface area contributed by atoms with Crippen molar-refractivity contribution in [2.75, 3.05) is 54.4 Å². The third kappa shape index (κ3) is 8.17. The molecule has 62 heavy (non-hydrogen) atoms. The molecule has 318 valence electrons. The predicted octanol–water partition coefficient (Wildman–Crippen LogP) is 4.96. The van der Waals surface area contributed by atoms with Gasteiger partial charge in [-0.1, -0.05) is 11.6 Å². The summed E-state index contributed by atoms with van der Waals surface area (Å²) in [4.78, 5) is 80.2. The van der Waals surface area contributed by atoms with Crippen LogP contribution in [-0.2, 0) is 22.6 Å². The molecule has 9 rings (SSSR count). The monoisotopic (exact) mass is 858 g/mol. The molecule has 5 aliphatic rings. The number of fused-ring (bicyclic) bond motifs is 2. The molecule has 3 saturated heterocycles. The second-order valence-electron chi connectivity index (χ2n) is 16.6. The van der Waals surface area contributed by atoms with E-state index < -0.39 is 35.5 Å². The molecule has 3 N–H and O–H groups in total. The number of aromatic nitrogens is 2. The van der Waals surface area contributed by atoms with E-state index in [9.17, 15) is 29.2 Å². The molecule has 17 heteroatoms. The molecular weight excluding hydrogens is 815 g/mol. The lowest BCUT2D eigenvalue weighted by atomic mass is 9.94. The third-order valence-corrected chi connectivity index (χ3v) is 13.1. The van der Waals surface area contributed by atoms with Crippen LogP contribution >= 0.6 is 11.6 Å². The molecular formula is C45H44ClFN10O5. The number of benzene rings is 3. The maximum absolute atomic E-state index is 15.5. The van der Waals surface area contributed by atoms with Crippen LogP contribution in [0, 0.1) is 23.1 Å². The van der Waals surface area contributed by atoms with E-state index in [1.807, 2.05) is 41.3 Å². The van der Waals surface area contributed by atoms with Crippen LogP contribution in [0.1, 0.15) is 86.4 Å². The minimum absolute atomic E-state index is 0.0127. The van der Waals surface area contributed by atoms with Crippen molar-refractivity contribution in [3.8, 4) is 6.07 Å². The van der Waals surface area contributed by atoms with Crippen LogP contribution in [0.25, 0.3) is 0 Å². The van der Waals surface area contributed by atoms with Crippen LogP contribution in [0.5, 0.6) is 0 Å². The Bertz CT molecular complexity index is 2520. The average Bonchev–Trinajstić information content (AvgIpc) is 3.51. The molecule has 15 nitrogen and oxygen atoms in total. The number of amides is 5. The summed E-state index contributed by atoms with van der Waals surface area (Å²) in [5.41, 5.74) is 4.97. The molecule has 0 aliphatic carbocycles. The molecule has 6 heterocycles.